The van der Waals surface area contributed by atoms with Crippen molar-refractivity contribution in [2.75, 3.05) is 0 Å². The summed E-state index contributed by atoms with van der Waals surface area (Å²) in [6.45, 7) is 0. The van der Waals surface area contributed by atoms with Gasteiger partial charge in [0.1, 0.15) is 11.3 Å². The first-order valence-electron chi connectivity index (χ1n) is 6.57. The molecule has 0 aliphatic rings. The summed E-state index contributed by atoms with van der Waals surface area (Å²) in [5.41, 5.74) is 0.385. The van der Waals surface area contributed by atoms with Gasteiger partial charge in [0.25, 0.3) is 5.56 Å². The Morgan fingerprint density at radius 2 is 1.70 bits per heavy atom. The second-order valence-corrected chi connectivity index (χ2v) is 4.77. The van der Waals surface area contributed by atoms with Crippen molar-refractivity contribution in [2.45, 2.75) is 0 Å². The van der Waals surface area contributed by atoms with Gasteiger partial charge >= 0.3 is 12.8 Å². The number of aromatic amines is 1. The number of fused-ring (bicyclic) bond motifs is 1. The predicted octanol–water partition coefficient (Wildman–Crippen LogP) is -1.97. The molecule has 0 atom stereocenters. The Kier molecular flexibility index (Phi) is 4.67. The van der Waals surface area contributed by atoms with E-state index in [4.69, 9.17) is 15.2 Å². The number of aromatic hydroxyl groups is 1. The van der Waals surface area contributed by atoms with Crippen molar-refractivity contribution >= 4 is 23.7 Å². The molecule has 0 aliphatic heterocycles. The van der Waals surface area contributed by atoms with Crippen molar-refractivity contribution in [3.63, 3.8) is 0 Å². The third kappa shape index (κ3) is 3.33. The van der Waals surface area contributed by atoms with Gasteiger partial charge in [0.05, 0.1) is 6.33 Å². The number of rotatable bonds is 1. The van der Waals surface area contributed by atoms with Crippen LogP contribution in [0.4, 0.5) is 0 Å². The summed E-state index contributed by atoms with van der Waals surface area (Å²) in [5.74, 6) is 0.115. The molecule has 1 aromatic carbocycles. The average Bonchev–Trinajstić information content (AvgIpc) is 3.02. The van der Waals surface area contributed by atoms with Crippen molar-refractivity contribution in [1.82, 2.24) is 19.1 Å². The second-order valence-electron chi connectivity index (χ2n) is 4.77. The van der Waals surface area contributed by atoms with Crippen molar-refractivity contribution in [3.05, 3.63) is 51.4 Å². The second kappa shape index (κ2) is 6.50. The zero-order chi connectivity index (χ0) is 17.1. The Bertz CT molecular complexity index is 926. The first kappa shape index (κ1) is 16.5. The fourth-order valence-electron chi connectivity index (χ4n) is 1.92. The topological polar surface area (TPSA) is 133 Å². The van der Waals surface area contributed by atoms with Gasteiger partial charge in [-0.3, -0.25) is 13.9 Å². The zero-order valence-corrected chi connectivity index (χ0v) is 12.5. The highest BCUT2D eigenvalue weighted by atomic mass is 16.4. The van der Waals surface area contributed by atoms with Gasteiger partial charge in [0.15, 0.2) is 5.65 Å². The lowest BCUT2D eigenvalue weighted by Crippen LogP contribution is -2.36. The summed E-state index contributed by atoms with van der Waals surface area (Å²) in [6.07, 6.45) is 1.39. The molecule has 2 heterocycles. The quantitative estimate of drug-likeness (QED) is 0.385. The number of imidazole rings is 1. The Morgan fingerprint density at radius 3 is 2.26 bits per heavy atom. The van der Waals surface area contributed by atoms with Crippen molar-refractivity contribution in [1.29, 1.82) is 0 Å². The lowest BCUT2D eigenvalue weighted by atomic mass is 9.80. The number of nitrogens with one attached hydrogen (secondary N) is 1. The van der Waals surface area contributed by atoms with E-state index in [9.17, 15) is 9.59 Å². The number of H-pyrrole nitrogens is 1. The van der Waals surface area contributed by atoms with Crippen LogP contribution in [0.3, 0.4) is 0 Å². The molecule has 120 valence electrons. The number of aromatic nitrogens is 4. The molecule has 10 heteroatoms. The Balaban J connectivity index is 0.000000174. The fourth-order valence-corrected chi connectivity index (χ4v) is 1.92. The van der Waals surface area contributed by atoms with Crippen LogP contribution in [0.15, 0.2) is 40.2 Å². The fraction of sp³-hybridized carbons (Fsp3) is 0.154. The number of hydrogen-bond donors (Lipinski definition) is 4. The molecule has 0 aliphatic carbocycles. The predicted molar refractivity (Wildman–Crippen MR) is 84.5 cm³/mol. The molecule has 3 rings (SSSR count). The van der Waals surface area contributed by atoms with E-state index in [1.807, 2.05) is 0 Å². The number of aryl methyl sites for hydroxylation is 1. The number of nitrogens with zero attached hydrogens (tertiary/aromatic N) is 3. The highest BCUT2D eigenvalue weighted by molar-refractivity contribution is 6.58. The van der Waals surface area contributed by atoms with Crippen LogP contribution in [0.5, 0.6) is 5.75 Å². The molecule has 0 fully saturated rings. The van der Waals surface area contributed by atoms with Crippen LogP contribution >= 0.6 is 0 Å². The zero-order valence-electron chi connectivity index (χ0n) is 12.5. The third-order valence-corrected chi connectivity index (χ3v) is 3.22. The van der Waals surface area contributed by atoms with Gasteiger partial charge in [-0.2, -0.15) is 0 Å². The Hall–Kier alpha value is -2.85. The van der Waals surface area contributed by atoms with Crippen LogP contribution in [0, 0.1) is 0 Å². The molecule has 0 radical (unpaired) electrons. The first-order valence-corrected chi connectivity index (χ1v) is 6.57. The van der Waals surface area contributed by atoms with E-state index in [-0.39, 0.29) is 17.0 Å². The highest BCUT2D eigenvalue weighted by Gasteiger charge is 2.09. The highest BCUT2D eigenvalue weighted by Crippen LogP contribution is 2.02. The molecule has 0 bridgehead atoms. The molecule has 0 saturated heterocycles. The summed E-state index contributed by atoms with van der Waals surface area (Å²) in [7, 11) is 1.55. The molecule has 23 heavy (non-hydrogen) atoms. The maximum absolute atomic E-state index is 11.4. The maximum atomic E-state index is 11.4. The number of phenols is 1. The summed E-state index contributed by atoms with van der Waals surface area (Å²) < 4.78 is 2.37. The summed E-state index contributed by atoms with van der Waals surface area (Å²) in [6, 6.07) is 5.68. The average molecular weight is 318 g/mol. The van der Waals surface area contributed by atoms with E-state index in [0.717, 1.165) is 4.57 Å². The molecule has 2 aromatic heterocycles. The summed E-state index contributed by atoms with van der Waals surface area (Å²) >= 11 is 0. The van der Waals surface area contributed by atoms with Crippen LogP contribution in [-0.2, 0) is 14.1 Å². The van der Waals surface area contributed by atoms with Gasteiger partial charge in [0.2, 0.25) is 0 Å². The minimum absolute atomic E-state index is 0.115. The largest absolute Gasteiger partial charge is 0.508 e. The van der Waals surface area contributed by atoms with Crippen LogP contribution in [-0.4, -0.2) is 41.4 Å². The van der Waals surface area contributed by atoms with Gasteiger partial charge in [-0.15, -0.1) is 0 Å². The molecule has 0 amide bonds. The van der Waals surface area contributed by atoms with E-state index in [1.165, 1.54) is 42.2 Å². The molecule has 0 unspecified atom stereocenters. The molecule has 9 nitrogen and oxygen atoms in total. The van der Waals surface area contributed by atoms with Crippen LogP contribution in [0.2, 0.25) is 0 Å². The Morgan fingerprint density at radius 1 is 1.09 bits per heavy atom. The minimum Gasteiger partial charge on any atom is -0.508 e. The van der Waals surface area contributed by atoms with E-state index < -0.39 is 7.12 Å². The van der Waals surface area contributed by atoms with Crippen LogP contribution < -0.4 is 16.7 Å². The molecule has 4 N–H and O–H groups in total. The summed E-state index contributed by atoms with van der Waals surface area (Å²) in [5, 5.41) is 26.0. The number of hydrogen-bond acceptors (Lipinski definition) is 6. The molecular weight excluding hydrogens is 303 g/mol. The molecule has 3 aromatic rings. The SMILES string of the molecule is Cn1c(=O)c2[nH]cnc2n(C)c1=O.OB(O)c1ccc(O)cc1. The van der Waals surface area contributed by atoms with Crippen LogP contribution in [0.1, 0.15) is 0 Å². The molecule has 0 saturated carbocycles. The van der Waals surface area contributed by atoms with Gasteiger partial charge in [-0.05, 0) is 17.6 Å². The van der Waals surface area contributed by atoms with Gasteiger partial charge in [-0.25, -0.2) is 9.78 Å². The van der Waals surface area contributed by atoms with Crippen molar-refractivity contribution < 1.29 is 15.2 Å². The van der Waals surface area contributed by atoms with Crippen LogP contribution in [0.25, 0.3) is 11.2 Å². The smallest absolute Gasteiger partial charge is 0.488 e. The lowest BCUT2D eigenvalue weighted by Gasteiger charge is -2.00. The maximum Gasteiger partial charge on any atom is 0.488 e. The molecule has 0 spiro atoms. The van der Waals surface area contributed by atoms with Crippen molar-refractivity contribution in [2.24, 2.45) is 14.1 Å². The first-order chi connectivity index (χ1) is 10.8. The number of phenolic OH excluding ortho intramolecular Hbond substituents is 1. The Labute approximate surface area is 130 Å². The molecular formula is C13H15BN4O5. The van der Waals surface area contributed by atoms with Gasteiger partial charge < -0.3 is 20.1 Å². The van der Waals surface area contributed by atoms with E-state index in [1.54, 1.807) is 7.05 Å². The standard InChI is InChI=1S/C7H8N4O2.C6H7BO3/c1-10-5-4(8-3-9-5)6(12)11(2)7(10)13;8-6-3-1-5(2-4-6)7(9)10/h3H,1-2H3,(H,8,9);1-4,8-10H. The van der Waals surface area contributed by atoms with E-state index in [2.05, 4.69) is 9.97 Å². The van der Waals surface area contributed by atoms with Crippen molar-refractivity contribution in [3.8, 4) is 5.75 Å². The summed E-state index contributed by atoms with van der Waals surface area (Å²) in [4.78, 5) is 29.4. The minimum atomic E-state index is -1.46. The third-order valence-electron chi connectivity index (χ3n) is 3.22. The lowest BCUT2D eigenvalue weighted by molar-refractivity contribution is 0.425. The normalized spacial score (nSPS) is 10.3. The van der Waals surface area contributed by atoms with E-state index in [0.29, 0.717) is 16.6 Å². The monoisotopic (exact) mass is 318 g/mol. The van der Waals surface area contributed by atoms with E-state index >= 15 is 0 Å². The number of benzene rings is 1. The van der Waals surface area contributed by atoms with Gasteiger partial charge in [-0.1, -0.05) is 12.1 Å². The van der Waals surface area contributed by atoms with Gasteiger partial charge in [0, 0.05) is 14.1 Å².